The number of benzene rings is 1. The molecule has 1 N–H and O–H groups in total. The van der Waals surface area contributed by atoms with E-state index < -0.39 is 0 Å². The average molecular weight is 347 g/mol. The highest BCUT2D eigenvalue weighted by Gasteiger charge is 2.24. The van der Waals surface area contributed by atoms with Gasteiger partial charge in [0.05, 0.1) is 0 Å². The molecular weight excluding hydrogens is 316 g/mol. The molecule has 3 rings (SSSR count). The van der Waals surface area contributed by atoms with Crippen molar-refractivity contribution in [2.75, 3.05) is 25.4 Å². The van der Waals surface area contributed by atoms with Crippen molar-refractivity contribution < 1.29 is 4.79 Å². The van der Waals surface area contributed by atoms with Gasteiger partial charge in [0.15, 0.2) is 0 Å². The van der Waals surface area contributed by atoms with Gasteiger partial charge in [0, 0.05) is 30.0 Å². The minimum atomic E-state index is 0.216. The molecule has 1 aliphatic carbocycles. The zero-order chi connectivity index (χ0) is 16.6. The van der Waals surface area contributed by atoms with Crippen LogP contribution in [0, 0.1) is 5.92 Å². The Labute approximate surface area is 150 Å². The molecule has 1 aliphatic heterocycles. The molecule has 0 radical (unpaired) electrons. The average Bonchev–Trinajstić information content (AvgIpc) is 3.13. The third-order valence-electron chi connectivity index (χ3n) is 5.26. The maximum Gasteiger partial charge on any atom is 0.223 e. The van der Waals surface area contributed by atoms with Gasteiger partial charge in [-0.1, -0.05) is 43.2 Å². The molecule has 0 aromatic heterocycles. The van der Waals surface area contributed by atoms with Crippen LogP contribution < -0.4 is 5.32 Å². The van der Waals surface area contributed by atoms with Gasteiger partial charge < -0.3 is 5.32 Å². The molecule has 1 aromatic carbocycles. The van der Waals surface area contributed by atoms with Gasteiger partial charge in [0.2, 0.25) is 5.91 Å². The largest absolute Gasteiger partial charge is 0.355 e. The lowest BCUT2D eigenvalue weighted by Gasteiger charge is -2.31. The lowest BCUT2D eigenvalue weighted by molar-refractivity contribution is -0.126. The van der Waals surface area contributed by atoms with E-state index >= 15 is 0 Å². The van der Waals surface area contributed by atoms with Gasteiger partial charge in [-0.15, -0.1) is 0 Å². The first-order chi connectivity index (χ1) is 11.8. The molecule has 1 heterocycles. The number of amides is 1. The van der Waals surface area contributed by atoms with Crippen LogP contribution >= 0.6 is 11.8 Å². The van der Waals surface area contributed by atoms with E-state index in [-0.39, 0.29) is 11.8 Å². The van der Waals surface area contributed by atoms with Crippen LogP contribution in [0.2, 0.25) is 0 Å². The number of nitrogens with zero attached hydrogens (tertiary/aromatic N) is 1. The van der Waals surface area contributed by atoms with Gasteiger partial charge in [-0.2, -0.15) is 11.8 Å². The first-order valence-corrected chi connectivity index (χ1v) is 10.5. The lowest BCUT2D eigenvalue weighted by atomic mass is 9.95. The van der Waals surface area contributed by atoms with Crippen LogP contribution in [0.3, 0.4) is 0 Å². The number of carbonyl (C=O) groups is 1. The van der Waals surface area contributed by atoms with Crippen LogP contribution in [0.4, 0.5) is 0 Å². The van der Waals surface area contributed by atoms with Gasteiger partial charge in [-0.25, -0.2) is 0 Å². The summed E-state index contributed by atoms with van der Waals surface area (Å²) in [6, 6.07) is 10.6. The first kappa shape index (κ1) is 17.8. The minimum absolute atomic E-state index is 0.216. The zero-order valence-electron chi connectivity index (χ0n) is 14.6. The molecule has 1 saturated carbocycles. The summed E-state index contributed by atoms with van der Waals surface area (Å²) in [7, 11) is 0. The molecule has 3 nitrogen and oxygen atoms in total. The zero-order valence-corrected chi connectivity index (χ0v) is 15.4. The van der Waals surface area contributed by atoms with Crippen LogP contribution in [-0.2, 0) is 11.3 Å². The topological polar surface area (TPSA) is 32.3 Å². The maximum absolute atomic E-state index is 12.3. The van der Waals surface area contributed by atoms with Gasteiger partial charge in [0.1, 0.15) is 0 Å². The molecule has 0 spiro atoms. The van der Waals surface area contributed by atoms with Crippen molar-refractivity contribution >= 4 is 17.7 Å². The molecule has 2 aliphatic rings. The minimum Gasteiger partial charge on any atom is -0.355 e. The number of carbonyl (C=O) groups excluding carboxylic acids is 1. The van der Waals surface area contributed by atoms with Crippen LogP contribution in [0.15, 0.2) is 30.3 Å². The predicted octanol–water partition coefficient (Wildman–Crippen LogP) is 3.69. The molecule has 1 aromatic rings. The van der Waals surface area contributed by atoms with Crippen molar-refractivity contribution in [2.24, 2.45) is 5.92 Å². The van der Waals surface area contributed by atoms with Crippen molar-refractivity contribution in [3.05, 3.63) is 35.9 Å². The third-order valence-corrected chi connectivity index (χ3v) is 6.65. The third kappa shape index (κ3) is 5.52. The molecule has 132 valence electrons. The van der Waals surface area contributed by atoms with Crippen LogP contribution in [0.25, 0.3) is 0 Å². The van der Waals surface area contributed by atoms with E-state index in [1.54, 1.807) is 0 Å². The Kier molecular flexibility index (Phi) is 7.03. The van der Waals surface area contributed by atoms with Gasteiger partial charge >= 0.3 is 0 Å². The molecule has 0 bridgehead atoms. The highest BCUT2D eigenvalue weighted by molar-refractivity contribution is 7.99. The summed E-state index contributed by atoms with van der Waals surface area (Å²) in [5.74, 6) is 1.57. The number of likely N-dealkylation sites (tertiary alicyclic amines) is 1. The molecule has 24 heavy (non-hydrogen) atoms. The SMILES string of the molecule is O=C(NCCSC1CCCC1)C1CCN(Cc2ccccc2)CC1. The van der Waals surface area contributed by atoms with Crippen molar-refractivity contribution in [2.45, 2.75) is 50.3 Å². The molecule has 4 heteroatoms. The molecular formula is C20H30N2OS. The van der Waals surface area contributed by atoms with Crippen LogP contribution in [-0.4, -0.2) is 41.4 Å². The fraction of sp³-hybridized carbons (Fsp3) is 0.650. The number of piperidine rings is 1. The first-order valence-electron chi connectivity index (χ1n) is 9.47. The summed E-state index contributed by atoms with van der Waals surface area (Å²) in [4.78, 5) is 14.8. The Morgan fingerprint density at radius 1 is 1.08 bits per heavy atom. The normalized spacial score (nSPS) is 20.3. The van der Waals surface area contributed by atoms with Crippen molar-refractivity contribution in [3.63, 3.8) is 0 Å². The van der Waals surface area contributed by atoms with E-state index in [4.69, 9.17) is 0 Å². The quantitative estimate of drug-likeness (QED) is 0.764. The second-order valence-corrected chi connectivity index (χ2v) is 8.51. The van der Waals surface area contributed by atoms with Gasteiger partial charge in [-0.05, 0) is 44.3 Å². The summed E-state index contributed by atoms with van der Waals surface area (Å²) in [6.07, 6.45) is 7.52. The Balaban J connectivity index is 1.30. The van der Waals surface area contributed by atoms with Crippen molar-refractivity contribution in [1.29, 1.82) is 0 Å². The Hall–Kier alpha value is -1.00. The molecule has 0 atom stereocenters. The number of hydrogen-bond acceptors (Lipinski definition) is 3. The van der Waals surface area contributed by atoms with E-state index in [2.05, 4.69) is 52.3 Å². The molecule has 1 amide bonds. The number of rotatable bonds is 7. The van der Waals surface area contributed by atoms with Crippen LogP contribution in [0.5, 0.6) is 0 Å². The predicted molar refractivity (Wildman–Crippen MR) is 102 cm³/mol. The second-order valence-electron chi connectivity index (χ2n) is 7.10. The standard InChI is InChI=1S/C20H30N2OS/c23-20(21-12-15-24-19-8-4-5-9-19)18-10-13-22(14-11-18)16-17-6-2-1-3-7-17/h1-3,6-7,18-19H,4-5,8-16H2,(H,21,23). The smallest absolute Gasteiger partial charge is 0.223 e. The van der Waals surface area contributed by atoms with E-state index in [1.165, 1.54) is 31.2 Å². The number of nitrogens with one attached hydrogen (secondary N) is 1. The number of thioether (sulfide) groups is 1. The summed E-state index contributed by atoms with van der Waals surface area (Å²) < 4.78 is 0. The summed E-state index contributed by atoms with van der Waals surface area (Å²) in [6.45, 7) is 3.91. The van der Waals surface area contributed by atoms with Gasteiger partial charge in [-0.3, -0.25) is 9.69 Å². The second kappa shape index (κ2) is 9.47. The fourth-order valence-corrected chi connectivity index (χ4v) is 5.01. The lowest BCUT2D eigenvalue weighted by Crippen LogP contribution is -2.40. The summed E-state index contributed by atoms with van der Waals surface area (Å²) >= 11 is 2.05. The van der Waals surface area contributed by atoms with Gasteiger partial charge in [0.25, 0.3) is 0 Å². The van der Waals surface area contributed by atoms with Crippen molar-refractivity contribution in [3.8, 4) is 0 Å². The Bertz CT molecular complexity index is 494. The van der Waals surface area contributed by atoms with Crippen LogP contribution in [0.1, 0.15) is 44.1 Å². The van der Waals surface area contributed by atoms with E-state index in [0.717, 1.165) is 50.0 Å². The fourth-order valence-electron chi connectivity index (χ4n) is 3.79. The molecule has 1 saturated heterocycles. The molecule has 2 fully saturated rings. The maximum atomic E-state index is 12.3. The summed E-state index contributed by atoms with van der Waals surface area (Å²) in [5, 5.41) is 4.01. The highest BCUT2D eigenvalue weighted by Crippen LogP contribution is 2.29. The Morgan fingerprint density at radius 2 is 1.79 bits per heavy atom. The summed E-state index contributed by atoms with van der Waals surface area (Å²) in [5.41, 5.74) is 1.37. The number of hydrogen-bond donors (Lipinski definition) is 1. The van der Waals surface area contributed by atoms with E-state index in [0.29, 0.717) is 0 Å². The molecule has 0 unspecified atom stereocenters. The van der Waals surface area contributed by atoms with Crippen molar-refractivity contribution in [1.82, 2.24) is 10.2 Å². The highest BCUT2D eigenvalue weighted by atomic mass is 32.2. The van der Waals surface area contributed by atoms with E-state index in [9.17, 15) is 4.79 Å². The monoisotopic (exact) mass is 346 g/mol. The Morgan fingerprint density at radius 3 is 2.50 bits per heavy atom. The van der Waals surface area contributed by atoms with E-state index in [1.807, 2.05) is 0 Å².